The highest BCUT2D eigenvalue weighted by Crippen LogP contribution is 2.07. The molecule has 0 aromatic carbocycles. The van der Waals surface area contributed by atoms with Crippen LogP contribution in [-0.4, -0.2) is 82.1 Å². The normalized spacial score (nSPS) is 17.1. The molecular formula is C11H21NO8. The van der Waals surface area contributed by atoms with Crippen LogP contribution in [0, 0.1) is 0 Å². The number of nitrogens with one attached hydrogen (secondary N) is 1. The Kier molecular flexibility index (Phi) is 9.21. The summed E-state index contributed by atoms with van der Waals surface area (Å²) in [6, 6.07) is -1.45. The molecule has 4 atom stereocenters. The summed E-state index contributed by atoms with van der Waals surface area (Å²) in [5, 5.41) is 47.9. The van der Waals surface area contributed by atoms with Crippen LogP contribution in [0.25, 0.3) is 0 Å². The first-order valence-corrected chi connectivity index (χ1v) is 6.06. The van der Waals surface area contributed by atoms with Crippen molar-refractivity contribution in [2.75, 3.05) is 20.3 Å². The number of aliphatic hydroxyl groups is 5. The predicted molar refractivity (Wildman–Crippen MR) is 65.4 cm³/mol. The molecule has 0 rings (SSSR count). The Morgan fingerprint density at radius 2 is 1.75 bits per heavy atom. The van der Waals surface area contributed by atoms with Crippen LogP contribution in [0.5, 0.6) is 0 Å². The summed E-state index contributed by atoms with van der Waals surface area (Å²) in [6.07, 6.45) is -5.25. The van der Waals surface area contributed by atoms with Gasteiger partial charge in [-0.15, -0.1) is 0 Å². The lowest BCUT2D eigenvalue weighted by Crippen LogP contribution is -2.54. The number of rotatable bonds is 9. The predicted octanol–water partition coefficient (Wildman–Crippen LogP) is -3.51. The van der Waals surface area contributed by atoms with Crippen LogP contribution in [-0.2, 0) is 14.3 Å². The molecule has 9 nitrogen and oxygen atoms in total. The van der Waals surface area contributed by atoms with Crippen molar-refractivity contribution in [3.63, 3.8) is 0 Å². The van der Waals surface area contributed by atoms with Gasteiger partial charge in [0.25, 0.3) is 0 Å². The van der Waals surface area contributed by atoms with Gasteiger partial charge >= 0.3 is 11.9 Å². The molecule has 6 N–H and O–H groups in total. The van der Waals surface area contributed by atoms with Gasteiger partial charge in [0.2, 0.25) is 0 Å². The maximum absolute atomic E-state index is 11.6. The number of ether oxygens (including phenoxy) is 1. The molecule has 9 heteroatoms. The molecule has 0 fully saturated rings. The number of esters is 2. The second-order valence-corrected chi connectivity index (χ2v) is 4.12. The van der Waals surface area contributed by atoms with E-state index in [0.717, 1.165) is 0 Å². The zero-order valence-electron chi connectivity index (χ0n) is 11.1. The van der Waals surface area contributed by atoms with Crippen molar-refractivity contribution < 1.29 is 39.9 Å². The Hall–Kier alpha value is -1.10. The van der Waals surface area contributed by atoms with Crippen LogP contribution in [0.1, 0.15) is 12.8 Å². The summed E-state index contributed by atoms with van der Waals surface area (Å²) in [7, 11) is 1.28. The van der Waals surface area contributed by atoms with E-state index < -0.39 is 42.9 Å². The molecule has 0 spiro atoms. The fourth-order valence-corrected chi connectivity index (χ4v) is 1.41. The van der Waals surface area contributed by atoms with Crippen molar-refractivity contribution in [1.82, 2.24) is 5.32 Å². The number of likely N-dealkylation sites (N-methyl/N-ethyl adjacent to an activating group) is 1. The average Bonchev–Trinajstić information content (AvgIpc) is 2.43. The van der Waals surface area contributed by atoms with Gasteiger partial charge in [0.15, 0.2) is 0 Å². The molecule has 0 unspecified atom stereocenters. The smallest absolute Gasteiger partial charge is 0.333 e. The van der Waals surface area contributed by atoms with Crippen LogP contribution in [0.2, 0.25) is 0 Å². The first kappa shape index (κ1) is 18.9. The van der Waals surface area contributed by atoms with E-state index in [1.54, 1.807) is 0 Å². The molecule has 118 valence electrons. The lowest BCUT2D eigenvalue weighted by atomic mass is 10.0. The van der Waals surface area contributed by atoms with Crippen LogP contribution >= 0.6 is 0 Å². The molecule has 0 aliphatic carbocycles. The lowest BCUT2D eigenvalue weighted by Gasteiger charge is -2.26. The molecule has 0 amide bonds. The SMILES string of the molecule is CN[C@H](C(=O)OC(=O)CCCO)[C@@H](O)[C@H](O)[C@H](O)CO. The van der Waals surface area contributed by atoms with E-state index in [0.29, 0.717) is 0 Å². The van der Waals surface area contributed by atoms with Crippen molar-refractivity contribution in [3.05, 3.63) is 0 Å². The third kappa shape index (κ3) is 5.90. The van der Waals surface area contributed by atoms with Crippen LogP contribution < -0.4 is 5.32 Å². The van der Waals surface area contributed by atoms with Crippen molar-refractivity contribution >= 4 is 11.9 Å². The van der Waals surface area contributed by atoms with Crippen LogP contribution in [0.15, 0.2) is 0 Å². The van der Waals surface area contributed by atoms with Crippen LogP contribution in [0.4, 0.5) is 0 Å². The summed E-state index contributed by atoms with van der Waals surface area (Å²) in [6.45, 7) is -1.04. The second-order valence-electron chi connectivity index (χ2n) is 4.12. The zero-order valence-corrected chi connectivity index (χ0v) is 11.1. The molecular weight excluding hydrogens is 274 g/mol. The van der Waals surface area contributed by atoms with Gasteiger partial charge in [-0.1, -0.05) is 0 Å². The van der Waals surface area contributed by atoms with E-state index in [4.69, 9.17) is 10.2 Å². The molecule has 20 heavy (non-hydrogen) atoms. The summed E-state index contributed by atoms with van der Waals surface area (Å²) < 4.78 is 4.42. The van der Waals surface area contributed by atoms with Gasteiger partial charge in [0.1, 0.15) is 24.4 Å². The maximum Gasteiger partial charge on any atom is 0.333 e. The molecule has 0 saturated heterocycles. The fourth-order valence-electron chi connectivity index (χ4n) is 1.41. The molecule has 0 radical (unpaired) electrons. The number of aliphatic hydroxyl groups excluding tert-OH is 5. The highest BCUT2D eigenvalue weighted by molar-refractivity contribution is 5.88. The van der Waals surface area contributed by atoms with Gasteiger partial charge < -0.3 is 35.6 Å². The maximum atomic E-state index is 11.6. The average molecular weight is 295 g/mol. The minimum absolute atomic E-state index is 0.130. The quantitative estimate of drug-likeness (QED) is 0.187. The molecule has 0 bridgehead atoms. The Morgan fingerprint density at radius 3 is 2.20 bits per heavy atom. The molecule has 0 aromatic heterocycles. The Labute approximate surface area is 115 Å². The van der Waals surface area contributed by atoms with Crippen molar-refractivity contribution in [3.8, 4) is 0 Å². The van der Waals surface area contributed by atoms with Gasteiger partial charge in [0, 0.05) is 13.0 Å². The summed E-state index contributed by atoms with van der Waals surface area (Å²) >= 11 is 0. The summed E-state index contributed by atoms with van der Waals surface area (Å²) in [5.41, 5.74) is 0. The third-order valence-corrected chi connectivity index (χ3v) is 2.59. The first-order valence-electron chi connectivity index (χ1n) is 6.06. The monoisotopic (exact) mass is 295 g/mol. The Bertz CT molecular complexity index is 311. The van der Waals surface area contributed by atoms with Crippen molar-refractivity contribution in [2.24, 2.45) is 0 Å². The number of hydrogen-bond acceptors (Lipinski definition) is 9. The minimum Gasteiger partial charge on any atom is -0.396 e. The van der Waals surface area contributed by atoms with Gasteiger partial charge in [0.05, 0.1) is 6.61 Å². The van der Waals surface area contributed by atoms with E-state index in [2.05, 4.69) is 10.1 Å². The Balaban J connectivity index is 4.57. The minimum atomic E-state index is -1.79. The largest absolute Gasteiger partial charge is 0.396 e. The highest BCUT2D eigenvalue weighted by atomic mass is 16.6. The highest BCUT2D eigenvalue weighted by Gasteiger charge is 2.36. The first-order chi connectivity index (χ1) is 9.38. The number of hydrogen-bond donors (Lipinski definition) is 6. The van der Waals surface area contributed by atoms with E-state index >= 15 is 0 Å². The van der Waals surface area contributed by atoms with Gasteiger partial charge in [-0.3, -0.25) is 4.79 Å². The van der Waals surface area contributed by atoms with E-state index in [1.807, 2.05) is 0 Å². The van der Waals surface area contributed by atoms with Gasteiger partial charge in [-0.2, -0.15) is 0 Å². The third-order valence-electron chi connectivity index (χ3n) is 2.59. The molecule has 0 saturated carbocycles. The van der Waals surface area contributed by atoms with E-state index in [9.17, 15) is 24.9 Å². The fraction of sp³-hybridized carbons (Fsp3) is 0.818. The standard InChI is InChI=1S/C11H21NO8/c1-12-8(10(18)9(17)6(15)5-14)11(19)20-7(16)3-2-4-13/h6,8-10,12-15,17-18H,2-5H2,1H3/t6-,8+,9-,10-/m1/s1. The molecule has 0 aliphatic rings. The van der Waals surface area contributed by atoms with Crippen molar-refractivity contribution in [1.29, 1.82) is 0 Å². The zero-order chi connectivity index (χ0) is 15.7. The number of carbonyl (C=O) groups excluding carboxylic acids is 2. The lowest BCUT2D eigenvalue weighted by molar-refractivity contribution is -0.166. The summed E-state index contributed by atoms with van der Waals surface area (Å²) in [4.78, 5) is 22.8. The van der Waals surface area contributed by atoms with Gasteiger partial charge in [-0.25, -0.2) is 4.79 Å². The Morgan fingerprint density at radius 1 is 1.15 bits per heavy atom. The molecule has 0 aromatic rings. The summed E-state index contributed by atoms with van der Waals surface area (Å²) in [5.74, 6) is -2.01. The topological polar surface area (TPSA) is 157 Å². The molecule has 0 heterocycles. The van der Waals surface area contributed by atoms with Crippen molar-refractivity contribution in [2.45, 2.75) is 37.2 Å². The molecule has 0 aliphatic heterocycles. The van der Waals surface area contributed by atoms with E-state index in [-0.39, 0.29) is 19.4 Å². The van der Waals surface area contributed by atoms with Gasteiger partial charge in [-0.05, 0) is 13.5 Å². The number of carbonyl (C=O) groups is 2. The van der Waals surface area contributed by atoms with Crippen LogP contribution in [0.3, 0.4) is 0 Å². The van der Waals surface area contributed by atoms with E-state index in [1.165, 1.54) is 7.05 Å². The second kappa shape index (κ2) is 9.75.